The number of hydrogen-bond acceptors (Lipinski definition) is 6. The summed E-state index contributed by atoms with van der Waals surface area (Å²) in [6.07, 6.45) is -0.0384. The van der Waals surface area contributed by atoms with Crippen LogP contribution >= 0.6 is 0 Å². The molecule has 0 spiro atoms. The van der Waals surface area contributed by atoms with E-state index < -0.39 is 16.1 Å². The second kappa shape index (κ2) is 6.71. The molecule has 1 rings (SSSR count). The summed E-state index contributed by atoms with van der Waals surface area (Å²) in [5.41, 5.74) is 6.37. The molecule has 0 aliphatic rings. The van der Waals surface area contributed by atoms with Gasteiger partial charge in [0.25, 0.3) is 0 Å². The summed E-state index contributed by atoms with van der Waals surface area (Å²) < 4.78 is 27.1. The fraction of sp³-hybridized carbons (Fsp3) is 0.455. The molecule has 0 radical (unpaired) electrons. The average Bonchev–Trinajstić information content (AvgIpc) is 2.27. The van der Waals surface area contributed by atoms with E-state index in [4.69, 9.17) is 15.6 Å². The lowest BCUT2D eigenvalue weighted by molar-refractivity contribution is 0.0615. The normalized spacial score (nSPS) is 13.2. The van der Waals surface area contributed by atoms with Crippen LogP contribution in [-0.4, -0.2) is 39.9 Å². The first-order valence-corrected chi connectivity index (χ1v) is 7.22. The first-order chi connectivity index (χ1) is 8.84. The molecule has 0 aromatic heterocycles. The van der Waals surface area contributed by atoms with Crippen LogP contribution in [0.15, 0.2) is 23.1 Å². The molecule has 0 aliphatic heterocycles. The minimum atomic E-state index is -3.80. The highest BCUT2D eigenvalue weighted by molar-refractivity contribution is 7.89. The number of hydrogen-bond donors (Lipinski definition) is 4. The maximum Gasteiger partial charge on any atom is 0.240 e. The van der Waals surface area contributed by atoms with Crippen molar-refractivity contribution in [2.75, 3.05) is 31.3 Å². The van der Waals surface area contributed by atoms with Crippen LogP contribution in [-0.2, 0) is 14.8 Å². The number of primary sulfonamides is 1. The van der Waals surface area contributed by atoms with E-state index in [-0.39, 0.29) is 17.2 Å². The van der Waals surface area contributed by atoms with Crippen LogP contribution in [0.1, 0.15) is 6.42 Å². The molecule has 8 heteroatoms. The molecule has 1 unspecified atom stereocenters. The van der Waals surface area contributed by atoms with Gasteiger partial charge in [0, 0.05) is 19.3 Å². The van der Waals surface area contributed by atoms with Gasteiger partial charge >= 0.3 is 0 Å². The van der Waals surface area contributed by atoms with Gasteiger partial charge in [-0.15, -0.1) is 0 Å². The van der Waals surface area contributed by atoms with E-state index in [9.17, 15) is 13.5 Å². The Balaban J connectivity index is 2.60. The average molecular weight is 289 g/mol. The molecule has 19 heavy (non-hydrogen) atoms. The van der Waals surface area contributed by atoms with E-state index >= 15 is 0 Å². The van der Waals surface area contributed by atoms with Gasteiger partial charge in [0.2, 0.25) is 10.0 Å². The Hall–Kier alpha value is -1.35. The predicted molar refractivity (Wildman–Crippen MR) is 73.2 cm³/mol. The van der Waals surface area contributed by atoms with Gasteiger partial charge in [0.15, 0.2) is 0 Å². The van der Waals surface area contributed by atoms with Crippen molar-refractivity contribution < 1.29 is 18.3 Å². The van der Waals surface area contributed by atoms with E-state index in [1.54, 1.807) is 6.07 Å². The standard InChI is InChI=1S/C11H19N3O4S/c1-18-7-9(15)4-5-14-8-2-3-11(10(12)6-8)19(13,16)17/h2-3,6,9,14-15H,4-5,7,12H2,1H3,(H2,13,16,17). The van der Waals surface area contributed by atoms with Crippen molar-refractivity contribution in [3.8, 4) is 0 Å². The van der Waals surface area contributed by atoms with Gasteiger partial charge in [0.1, 0.15) is 4.90 Å². The fourth-order valence-electron chi connectivity index (χ4n) is 1.58. The van der Waals surface area contributed by atoms with E-state index in [1.165, 1.54) is 19.2 Å². The van der Waals surface area contributed by atoms with Gasteiger partial charge in [0.05, 0.1) is 18.4 Å². The minimum Gasteiger partial charge on any atom is -0.398 e. The number of ether oxygens (including phenoxy) is 1. The molecule has 6 N–H and O–H groups in total. The number of rotatable bonds is 7. The molecule has 1 aromatic rings. The zero-order chi connectivity index (χ0) is 14.5. The van der Waals surface area contributed by atoms with E-state index in [2.05, 4.69) is 5.32 Å². The van der Waals surface area contributed by atoms with Gasteiger partial charge in [-0.1, -0.05) is 0 Å². The number of benzene rings is 1. The molecule has 0 fully saturated rings. The number of nitrogens with one attached hydrogen (secondary N) is 1. The summed E-state index contributed by atoms with van der Waals surface area (Å²) in [4.78, 5) is -0.0996. The Kier molecular flexibility index (Phi) is 5.55. The van der Waals surface area contributed by atoms with Crippen molar-refractivity contribution in [1.29, 1.82) is 0 Å². The number of methoxy groups -OCH3 is 1. The molecule has 1 atom stereocenters. The van der Waals surface area contributed by atoms with Crippen LogP contribution < -0.4 is 16.2 Å². The number of aliphatic hydroxyl groups excluding tert-OH is 1. The molecule has 108 valence electrons. The van der Waals surface area contributed by atoms with Crippen molar-refractivity contribution in [3.05, 3.63) is 18.2 Å². The maximum absolute atomic E-state index is 11.2. The van der Waals surface area contributed by atoms with Gasteiger partial charge < -0.3 is 20.9 Å². The molecule has 0 heterocycles. The van der Waals surface area contributed by atoms with Crippen LogP contribution in [0.2, 0.25) is 0 Å². The van der Waals surface area contributed by atoms with Crippen LogP contribution in [0.4, 0.5) is 11.4 Å². The van der Waals surface area contributed by atoms with Gasteiger partial charge in [-0.05, 0) is 24.6 Å². The van der Waals surface area contributed by atoms with Crippen LogP contribution in [0.25, 0.3) is 0 Å². The van der Waals surface area contributed by atoms with Crippen molar-refractivity contribution in [2.45, 2.75) is 17.4 Å². The summed E-state index contributed by atoms with van der Waals surface area (Å²) in [5.74, 6) is 0. The maximum atomic E-state index is 11.2. The van der Waals surface area contributed by atoms with Crippen molar-refractivity contribution in [1.82, 2.24) is 0 Å². The van der Waals surface area contributed by atoms with Crippen LogP contribution in [0, 0.1) is 0 Å². The lowest BCUT2D eigenvalue weighted by Gasteiger charge is -2.12. The fourth-order valence-corrected chi connectivity index (χ4v) is 2.22. The Labute approximate surface area is 112 Å². The first-order valence-electron chi connectivity index (χ1n) is 5.68. The molecule has 0 amide bonds. The van der Waals surface area contributed by atoms with Gasteiger partial charge in [-0.2, -0.15) is 0 Å². The second-order valence-electron chi connectivity index (χ2n) is 4.12. The minimum absolute atomic E-state index is 0.0879. The highest BCUT2D eigenvalue weighted by Gasteiger charge is 2.12. The number of aliphatic hydroxyl groups is 1. The third-order valence-electron chi connectivity index (χ3n) is 2.48. The van der Waals surface area contributed by atoms with Gasteiger partial charge in [-0.25, -0.2) is 13.6 Å². The highest BCUT2D eigenvalue weighted by Crippen LogP contribution is 2.21. The SMILES string of the molecule is COCC(O)CCNc1ccc(S(N)(=O)=O)c(N)c1. The Morgan fingerprint density at radius 2 is 2.16 bits per heavy atom. The summed E-state index contributed by atoms with van der Waals surface area (Å²) in [6.45, 7) is 0.785. The second-order valence-corrected chi connectivity index (χ2v) is 5.65. The molecule has 0 saturated carbocycles. The zero-order valence-electron chi connectivity index (χ0n) is 10.7. The molecule has 7 nitrogen and oxygen atoms in total. The summed E-state index contributed by atoms with van der Waals surface area (Å²) in [5, 5.41) is 17.5. The first kappa shape index (κ1) is 15.7. The summed E-state index contributed by atoms with van der Waals surface area (Å²) >= 11 is 0. The number of sulfonamides is 1. The van der Waals surface area contributed by atoms with Gasteiger partial charge in [-0.3, -0.25) is 0 Å². The van der Waals surface area contributed by atoms with E-state index in [1.807, 2.05) is 0 Å². The molecular formula is C11H19N3O4S. The lowest BCUT2D eigenvalue weighted by Crippen LogP contribution is -2.18. The third-order valence-corrected chi connectivity index (χ3v) is 3.47. The van der Waals surface area contributed by atoms with Crippen LogP contribution in [0.5, 0.6) is 0 Å². The quantitative estimate of drug-likeness (QED) is 0.511. The van der Waals surface area contributed by atoms with E-state index in [0.29, 0.717) is 18.7 Å². The zero-order valence-corrected chi connectivity index (χ0v) is 11.5. The van der Waals surface area contributed by atoms with Crippen molar-refractivity contribution >= 4 is 21.4 Å². The third kappa shape index (κ3) is 5.03. The van der Waals surface area contributed by atoms with Crippen LogP contribution in [0.3, 0.4) is 0 Å². The van der Waals surface area contributed by atoms with E-state index in [0.717, 1.165) is 0 Å². The van der Waals surface area contributed by atoms with Crippen molar-refractivity contribution in [2.24, 2.45) is 5.14 Å². The number of nitrogen functional groups attached to an aromatic ring is 1. The smallest absolute Gasteiger partial charge is 0.240 e. The molecule has 1 aromatic carbocycles. The van der Waals surface area contributed by atoms with Crippen molar-refractivity contribution in [3.63, 3.8) is 0 Å². The summed E-state index contributed by atoms with van der Waals surface area (Å²) in [7, 11) is -2.28. The summed E-state index contributed by atoms with van der Waals surface area (Å²) in [6, 6.07) is 4.40. The largest absolute Gasteiger partial charge is 0.398 e. The lowest BCUT2D eigenvalue weighted by atomic mass is 10.2. The molecule has 0 saturated heterocycles. The molecule has 0 bridgehead atoms. The number of nitrogens with two attached hydrogens (primary N) is 2. The number of anilines is 2. The Bertz CT molecular complexity index is 519. The predicted octanol–water partition coefficient (Wildman–Crippen LogP) is -0.274. The Morgan fingerprint density at radius 1 is 1.47 bits per heavy atom. The highest BCUT2D eigenvalue weighted by atomic mass is 32.2. The molecule has 0 aliphatic carbocycles. The topological polar surface area (TPSA) is 128 Å². The Morgan fingerprint density at radius 3 is 2.68 bits per heavy atom. The molecular weight excluding hydrogens is 270 g/mol. The monoisotopic (exact) mass is 289 g/mol.